The van der Waals surface area contributed by atoms with Gasteiger partial charge in [-0.25, -0.2) is 9.07 Å². The highest BCUT2D eigenvalue weighted by Gasteiger charge is 2.11. The fraction of sp³-hybridized carbons (Fsp3) is 0.222. The van der Waals surface area contributed by atoms with E-state index in [-0.39, 0.29) is 17.5 Å². The maximum atomic E-state index is 13.2. The van der Waals surface area contributed by atoms with Crippen LogP contribution in [-0.4, -0.2) is 22.4 Å². The van der Waals surface area contributed by atoms with E-state index in [2.05, 4.69) is 17.0 Å². The zero-order valence-electron chi connectivity index (χ0n) is 14.5. The number of hydrogen-bond acceptors (Lipinski definition) is 6. The van der Waals surface area contributed by atoms with E-state index in [0.29, 0.717) is 11.3 Å². The van der Waals surface area contributed by atoms with Gasteiger partial charge in [-0.15, -0.1) is 11.3 Å². The SMILES string of the molecule is CCCCN=c1scc(-c2ccc(F)cc2)n1/N=C\c1ccc([N+](=O)[O-])o1. The number of nitro groups is 1. The van der Waals surface area contributed by atoms with Crippen molar-refractivity contribution >= 4 is 23.4 Å². The molecule has 0 N–H and O–H groups in total. The summed E-state index contributed by atoms with van der Waals surface area (Å²) in [5, 5.41) is 17.0. The van der Waals surface area contributed by atoms with Crippen molar-refractivity contribution in [1.82, 2.24) is 4.68 Å². The molecule has 0 saturated carbocycles. The van der Waals surface area contributed by atoms with Gasteiger partial charge >= 0.3 is 5.88 Å². The normalized spacial score (nSPS) is 12.1. The summed E-state index contributed by atoms with van der Waals surface area (Å²) in [4.78, 5) is 15.4. The van der Waals surface area contributed by atoms with Gasteiger partial charge in [-0.3, -0.25) is 15.1 Å². The van der Waals surface area contributed by atoms with Crippen LogP contribution in [0, 0.1) is 15.9 Å². The molecule has 0 aliphatic heterocycles. The Bertz CT molecular complexity index is 1020. The molecule has 0 saturated heterocycles. The molecule has 0 spiro atoms. The van der Waals surface area contributed by atoms with E-state index in [0.717, 1.165) is 24.1 Å². The summed E-state index contributed by atoms with van der Waals surface area (Å²) in [7, 11) is 0. The first-order chi connectivity index (χ1) is 13.1. The highest BCUT2D eigenvalue weighted by atomic mass is 32.1. The molecule has 2 heterocycles. The lowest BCUT2D eigenvalue weighted by atomic mass is 10.2. The Morgan fingerprint density at radius 2 is 2.07 bits per heavy atom. The minimum Gasteiger partial charge on any atom is -0.400 e. The Balaban J connectivity index is 2.00. The summed E-state index contributed by atoms with van der Waals surface area (Å²) in [6.07, 6.45) is 3.38. The van der Waals surface area contributed by atoms with Crippen molar-refractivity contribution in [2.75, 3.05) is 6.54 Å². The zero-order valence-corrected chi connectivity index (χ0v) is 15.4. The first-order valence-corrected chi connectivity index (χ1v) is 9.22. The van der Waals surface area contributed by atoms with E-state index >= 15 is 0 Å². The van der Waals surface area contributed by atoms with Crippen LogP contribution in [0.4, 0.5) is 10.3 Å². The fourth-order valence-electron chi connectivity index (χ4n) is 2.30. The maximum absolute atomic E-state index is 13.2. The molecule has 0 bridgehead atoms. The molecule has 2 aromatic heterocycles. The van der Waals surface area contributed by atoms with Gasteiger partial charge in [0.2, 0.25) is 4.80 Å². The van der Waals surface area contributed by atoms with Gasteiger partial charge in [0, 0.05) is 17.5 Å². The number of aromatic nitrogens is 1. The van der Waals surface area contributed by atoms with Gasteiger partial charge < -0.3 is 4.42 Å². The smallest absolute Gasteiger partial charge is 0.400 e. The molecular weight excluding hydrogens is 371 g/mol. The lowest BCUT2D eigenvalue weighted by Crippen LogP contribution is -2.12. The van der Waals surface area contributed by atoms with E-state index in [1.54, 1.807) is 16.8 Å². The van der Waals surface area contributed by atoms with Crippen LogP contribution in [0.25, 0.3) is 11.3 Å². The molecule has 140 valence electrons. The number of furan rings is 1. The summed E-state index contributed by atoms with van der Waals surface area (Å²) in [5.41, 5.74) is 1.53. The molecular formula is C18H17FN4O3S. The van der Waals surface area contributed by atoms with Crippen molar-refractivity contribution in [1.29, 1.82) is 0 Å². The van der Waals surface area contributed by atoms with Gasteiger partial charge in [0.1, 0.15) is 10.7 Å². The second-order valence-electron chi connectivity index (χ2n) is 5.64. The summed E-state index contributed by atoms with van der Waals surface area (Å²) in [6.45, 7) is 2.76. The quantitative estimate of drug-likeness (QED) is 0.259. The standard InChI is InChI=1S/C18H17FN4O3S/c1-2-3-10-20-18-22(21-11-15-8-9-17(26-15)23(24)25)16(12-27-18)13-4-6-14(19)7-5-13/h4-9,11-12H,2-3,10H2,1H3/b20-18?,21-11-. The first-order valence-electron chi connectivity index (χ1n) is 8.34. The van der Waals surface area contributed by atoms with Gasteiger partial charge in [-0.1, -0.05) is 13.3 Å². The van der Waals surface area contributed by atoms with Gasteiger partial charge in [0.25, 0.3) is 0 Å². The molecule has 7 nitrogen and oxygen atoms in total. The molecule has 27 heavy (non-hydrogen) atoms. The van der Waals surface area contributed by atoms with Gasteiger partial charge in [0.15, 0.2) is 5.76 Å². The highest BCUT2D eigenvalue weighted by Crippen LogP contribution is 2.21. The van der Waals surface area contributed by atoms with E-state index < -0.39 is 4.92 Å². The summed E-state index contributed by atoms with van der Waals surface area (Å²) in [5.74, 6) is -0.414. The molecule has 0 fully saturated rings. The van der Waals surface area contributed by atoms with Crippen LogP contribution < -0.4 is 4.80 Å². The third kappa shape index (κ3) is 4.56. The van der Waals surface area contributed by atoms with E-state index in [1.165, 1.54) is 41.8 Å². The number of rotatable bonds is 7. The molecule has 0 unspecified atom stereocenters. The van der Waals surface area contributed by atoms with Gasteiger partial charge in [-0.2, -0.15) is 5.10 Å². The Morgan fingerprint density at radius 3 is 2.74 bits per heavy atom. The predicted octanol–water partition coefficient (Wildman–Crippen LogP) is 4.44. The third-order valence-corrected chi connectivity index (χ3v) is 4.53. The average Bonchev–Trinajstić information content (AvgIpc) is 3.28. The maximum Gasteiger partial charge on any atom is 0.433 e. The molecule has 0 amide bonds. The molecule has 3 rings (SSSR count). The largest absolute Gasteiger partial charge is 0.433 e. The number of hydrogen-bond donors (Lipinski definition) is 0. The Hall–Kier alpha value is -3.07. The third-order valence-electron chi connectivity index (χ3n) is 3.68. The lowest BCUT2D eigenvalue weighted by Gasteiger charge is -2.03. The number of thiazole rings is 1. The monoisotopic (exact) mass is 388 g/mol. The predicted molar refractivity (Wildman–Crippen MR) is 101 cm³/mol. The van der Waals surface area contributed by atoms with Crippen molar-refractivity contribution in [3.63, 3.8) is 0 Å². The minimum atomic E-state index is -0.607. The summed E-state index contributed by atoms with van der Waals surface area (Å²) in [6, 6.07) is 8.83. The van der Waals surface area contributed by atoms with Crippen molar-refractivity contribution in [2.24, 2.45) is 10.1 Å². The molecule has 0 aliphatic rings. The Morgan fingerprint density at radius 1 is 1.30 bits per heavy atom. The van der Waals surface area contributed by atoms with Crippen LogP contribution in [0.2, 0.25) is 0 Å². The Kier molecular flexibility index (Phi) is 5.92. The first kappa shape index (κ1) is 18.7. The topological polar surface area (TPSA) is 85.9 Å². The highest BCUT2D eigenvalue weighted by molar-refractivity contribution is 7.07. The van der Waals surface area contributed by atoms with Crippen LogP contribution in [0.5, 0.6) is 0 Å². The number of benzene rings is 1. The lowest BCUT2D eigenvalue weighted by molar-refractivity contribution is -0.402. The average molecular weight is 388 g/mol. The van der Waals surface area contributed by atoms with E-state index in [1.807, 2.05) is 5.38 Å². The minimum absolute atomic E-state index is 0.255. The summed E-state index contributed by atoms with van der Waals surface area (Å²) < 4.78 is 20.0. The van der Waals surface area contributed by atoms with Gasteiger partial charge in [-0.05, 0) is 36.8 Å². The molecule has 0 atom stereocenters. The molecule has 3 aromatic rings. The van der Waals surface area contributed by atoms with E-state index in [4.69, 9.17) is 4.42 Å². The molecule has 0 aliphatic carbocycles. The fourth-order valence-corrected chi connectivity index (χ4v) is 3.16. The molecule has 0 radical (unpaired) electrons. The molecule has 1 aromatic carbocycles. The second-order valence-corrected chi connectivity index (χ2v) is 6.47. The number of halogens is 1. The van der Waals surface area contributed by atoms with Crippen LogP contribution in [-0.2, 0) is 0 Å². The van der Waals surface area contributed by atoms with Gasteiger partial charge in [0.05, 0.1) is 18.0 Å². The van der Waals surface area contributed by atoms with Crippen LogP contribution in [0.1, 0.15) is 25.5 Å². The van der Waals surface area contributed by atoms with Crippen molar-refractivity contribution < 1.29 is 13.7 Å². The zero-order chi connectivity index (χ0) is 19.2. The van der Waals surface area contributed by atoms with Crippen LogP contribution >= 0.6 is 11.3 Å². The van der Waals surface area contributed by atoms with Crippen LogP contribution in [0.3, 0.4) is 0 Å². The van der Waals surface area contributed by atoms with Crippen molar-refractivity contribution in [3.8, 4) is 11.3 Å². The van der Waals surface area contributed by atoms with Crippen LogP contribution in [0.15, 0.2) is 56.3 Å². The van der Waals surface area contributed by atoms with Crippen molar-refractivity contribution in [3.05, 3.63) is 68.3 Å². The Labute approximate surface area is 158 Å². The number of unbranched alkanes of at least 4 members (excludes halogenated alkanes) is 1. The second kappa shape index (κ2) is 8.54. The van der Waals surface area contributed by atoms with Crippen molar-refractivity contribution in [2.45, 2.75) is 19.8 Å². The number of nitrogens with zero attached hydrogens (tertiary/aromatic N) is 4. The summed E-state index contributed by atoms with van der Waals surface area (Å²) >= 11 is 1.42. The molecule has 9 heteroatoms. The van der Waals surface area contributed by atoms with E-state index in [9.17, 15) is 14.5 Å².